The van der Waals surface area contributed by atoms with Crippen molar-refractivity contribution in [1.29, 1.82) is 0 Å². The molecule has 0 fully saturated rings. The summed E-state index contributed by atoms with van der Waals surface area (Å²) in [6.07, 6.45) is 23.5. The Bertz CT molecular complexity index is 11400. The minimum atomic E-state index is -0.687. The Labute approximate surface area is 821 Å². The number of fused-ring (bicyclic) bond motifs is 35. The lowest BCUT2D eigenvalue weighted by atomic mass is 9.82. The molecule has 30 aromatic rings. The Balaban J connectivity index is 0.0000000892. The van der Waals surface area contributed by atoms with E-state index in [9.17, 15) is 0 Å². The molecule has 0 saturated heterocycles. The van der Waals surface area contributed by atoms with Crippen LogP contribution in [-0.4, -0.2) is 69.6 Å². The highest BCUT2D eigenvalue weighted by atomic mass is 15.6. The first-order chi connectivity index (χ1) is 71.7. The highest BCUT2D eigenvalue weighted by Gasteiger charge is 2.73. The van der Waals surface area contributed by atoms with Crippen molar-refractivity contribution >= 4 is 148 Å². The van der Waals surface area contributed by atoms with E-state index in [0.717, 1.165) is 51.2 Å². The summed E-state index contributed by atoms with van der Waals surface area (Å²) in [4.78, 5) is 14.0. The first-order valence-electron chi connectivity index (χ1n) is 49.9. The Morgan fingerprint density at radius 3 is 1.15 bits per heavy atom. The average Bonchev–Trinajstić information content (AvgIpc) is 1.47. The fourth-order valence-corrected chi connectivity index (χ4v) is 29.8. The lowest BCUT2D eigenvalue weighted by Crippen LogP contribution is -2.77. The third-order valence-electron chi connectivity index (χ3n) is 34.5. The van der Waals surface area contributed by atoms with Crippen molar-refractivity contribution in [3.8, 4) is 85.2 Å². The van der Waals surface area contributed by atoms with Crippen molar-refractivity contribution in [2.75, 3.05) is 0 Å². The van der Waals surface area contributed by atoms with E-state index in [-0.39, 0.29) is 0 Å². The van der Waals surface area contributed by atoms with Gasteiger partial charge in [0, 0.05) is 122 Å². The maximum atomic E-state index is 4.67. The summed E-state index contributed by atoms with van der Waals surface area (Å²) in [5.41, 5.74) is 44.0. The van der Waals surface area contributed by atoms with Crippen LogP contribution in [0.2, 0.25) is 0 Å². The number of hydrogen-bond donors (Lipinski definition) is 0. The molecule has 0 amide bonds. The largest absolute Gasteiger partial charge is 0.394 e. The van der Waals surface area contributed by atoms with Crippen molar-refractivity contribution in [2.24, 2.45) is 0 Å². The van der Waals surface area contributed by atoms with E-state index in [4.69, 9.17) is 0 Å². The van der Waals surface area contributed by atoms with Crippen LogP contribution in [0.15, 0.2) is 396 Å². The SMILES string of the molecule is Cc1c(-c2ccc3ncccn23)c(C)[n+]2n1-c1ccc3c4ccccc4n4c3c1C21c2c-4ccc3c4ccccc4n(c23)-c2cccc[n+]21.Cc1c(-c2ccc3ncccn23)c(C)[n+]2n1-c1cccc3c1C21c2c(ccc4c5ccccc5n-3c24)-n2c3ccccc3c3ccc[n+]1c32.c1cc2c3c(c1)-n1cc(-c4ccc5ncccn45)c[n+]1C31c3c4c(cc5c6ccccc6n(c35)-c3cccc[n+]31)c1ccccc1n4-2. The van der Waals surface area contributed by atoms with E-state index in [1.165, 1.54) is 238 Å². The lowest BCUT2D eigenvalue weighted by Gasteiger charge is -2.33. The van der Waals surface area contributed by atoms with Crippen molar-refractivity contribution in [3.05, 3.63) is 452 Å². The molecule has 3 atom stereocenters. The molecular weight excluding hydrogens is 1780 g/mol. The highest BCUT2D eigenvalue weighted by Crippen LogP contribution is 2.61. The molecular formula is C124H77N21+6. The molecule has 3 unspecified atom stereocenters. The minimum Gasteiger partial charge on any atom is -0.307 e. The van der Waals surface area contributed by atoms with Gasteiger partial charge in [0.1, 0.15) is 83.9 Å². The second kappa shape index (κ2) is 24.9. The van der Waals surface area contributed by atoms with Crippen LogP contribution in [0.1, 0.15) is 56.2 Å². The van der Waals surface area contributed by atoms with Crippen LogP contribution in [0.25, 0.3) is 233 Å². The van der Waals surface area contributed by atoms with Crippen LogP contribution in [0.3, 0.4) is 0 Å². The number of aromatic nitrogens is 21. The molecule has 145 heavy (non-hydrogen) atoms. The average molecular weight is 1860 g/mol. The molecule has 27 heterocycles. The molecule has 21 nitrogen and oxygen atoms in total. The zero-order valence-electron chi connectivity index (χ0n) is 78.4. The van der Waals surface area contributed by atoms with Crippen molar-refractivity contribution in [3.63, 3.8) is 0 Å². The Hall–Kier alpha value is -19.4. The topological polar surface area (TPSA) is 120 Å². The van der Waals surface area contributed by atoms with Gasteiger partial charge in [-0.25, -0.2) is 15.0 Å². The van der Waals surface area contributed by atoms with Crippen molar-refractivity contribution < 1.29 is 27.7 Å². The quantitative estimate of drug-likeness (QED) is 0.164. The number of para-hydroxylation sites is 6. The molecule has 0 radical (unpaired) electrons. The summed E-state index contributed by atoms with van der Waals surface area (Å²) >= 11 is 0. The summed E-state index contributed by atoms with van der Waals surface area (Å²) in [7, 11) is 0. The zero-order valence-corrected chi connectivity index (χ0v) is 78.4. The van der Waals surface area contributed by atoms with Gasteiger partial charge in [-0.2, -0.15) is 27.4 Å². The molecule has 9 aliphatic heterocycles. The van der Waals surface area contributed by atoms with Gasteiger partial charge in [-0.15, -0.1) is 14.0 Å². The minimum absolute atomic E-state index is 0.668. The fourth-order valence-electron chi connectivity index (χ4n) is 29.8. The maximum Gasteiger partial charge on any atom is 0.394 e. The van der Waals surface area contributed by atoms with Crippen LogP contribution in [0, 0.1) is 27.7 Å². The predicted molar refractivity (Wildman–Crippen MR) is 561 cm³/mol. The van der Waals surface area contributed by atoms with Gasteiger partial charge in [0.15, 0.2) is 16.7 Å². The second-order valence-electron chi connectivity index (χ2n) is 40.5. The van der Waals surface area contributed by atoms with Crippen molar-refractivity contribution in [1.82, 2.24) is 69.6 Å². The third kappa shape index (κ3) is 7.94. The molecule has 0 bridgehead atoms. The Morgan fingerprint density at radius 1 is 0.262 bits per heavy atom. The molecule has 21 heteroatoms. The number of benzene rings is 12. The van der Waals surface area contributed by atoms with Gasteiger partial charge in [0.25, 0.3) is 11.6 Å². The number of pyridine rings is 3. The molecule has 0 aliphatic carbocycles. The van der Waals surface area contributed by atoms with Crippen LogP contribution in [0.5, 0.6) is 0 Å². The van der Waals surface area contributed by atoms with Gasteiger partial charge >= 0.3 is 22.6 Å². The molecule has 18 aromatic heterocycles. The number of hydrogen-bond acceptors (Lipinski definition) is 3. The van der Waals surface area contributed by atoms with Gasteiger partial charge in [-0.05, 0) is 214 Å². The summed E-state index contributed by atoms with van der Waals surface area (Å²) in [6.45, 7) is 9.19. The monoisotopic (exact) mass is 1860 g/mol. The van der Waals surface area contributed by atoms with E-state index < -0.39 is 17.0 Å². The van der Waals surface area contributed by atoms with Gasteiger partial charge in [0.05, 0.1) is 125 Å². The summed E-state index contributed by atoms with van der Waals surface area (Å²) in [6, 6.07) is 121. The molecule has 0 N–H and O–H groups in total. The maximum absolute atomic E-state index is 4.67. The van der Waals surface area contributed by atoms with Crippen LogP contribution >= 0.6 is 0 Å². The molecule has 672 valence electrons. The van der Waals surface area contributed by atoms with Crippen LogP contribution in [0.4, 0.5) is 0 Å². The van der Waals surface area contributed by atoms with Crippen molar-refractivity contribution in [2.45, 2.75) is 44.7 Å². The third-order valence-corrected chi connectivity index (χ3v) is 34.5. The van der Waals surface area contributed by atoms with E-state index in [1.54, 1.807) is 0 Å². The van der Waals surface area contributed by atoms with E-state index >= 15 is 0 Å². The van der Waals surface area contributed by atoms with Gasteiger partial charge in [-0.3, -0.25) is 0 Å². The summed E-state index contributed by atoms with van der Waals surface area (Å²) in [5, 5.41) is 15.3. The van der Waals surface area contributed by atoms with E-state index in [0.29, 0.717) is 0 Å². The van der Waals surface area contributed by atoms with Gasteiger partial charge in [-0.1, -0.05) is 129 Å². The Kier molecular flexibility index (Phi) is 12.8. The molecule has 3 spiro atoms. The molecule has 39 rings (SSSR count). The zero-order chi connectivity index (χ0) is 94.0. The number of nitrogens with zero attached hydrogens (tertiary/aromatic N) is 21. The number of rotatable bonds is 3. The Morgan fingerprint density at radius 2 is 0.628 bits per heavy atom. The first kappa shape index (κ1) is 74.7. The lowest BCUT2D eigenvalue weighted by molar-refractivity contribution is -0.995. The first-order valence-corrected chi connectivity index (χ1v) is 49.9. The fraction of sp³-hybridized carbons (Fsp3) is 0.0565. The molecule has 9 aliphatic rings. The molecule has 12 aromatic carbocycles. The normalized spacial score (nSPS) is 16.5. The van der Waals surface area contributed by atoms with Gasteiger partial charge in [0.2, 0.25) is 17.6 Å². The standard InChI is InChI=1S/2C42H27N7.C40H23N7/c1-24-37(32-19-20-36-43-21-9-22-44(32)36)25(2)49-42-38-33(15-7-16-35(38)48(24)49)46-30-13-5-3-10-26(30)28-17-18-34(39(42)40(28)46)47-31-14-6-4-11-27(31)29-12-8-23-45(42)41(29)47;1-24-37(32-19-20-35-43-21-9-22-44(32)35)25(2)49-42-38-33(46-30-12-5-3-10-26(30)28-16-18-34(48(24)49)39(42)40(28)46)17-15-29-27-11-4-6-13-31(27)47(41(29)38)36-14-7-8-23-45(36)42;1-3-11-30-25(9-1)27-21-28-26-10-2-4-12-31(26)47-35-15-5-6-20-43(35)40-36-32(13-7-14-33(36)46(30)38(27)37(40)39(28)47)44-22-24(23-45(40)44)29-16-17-34-41-18-8-19-42(29)34/h2*3-23H,1-2H3;1-23H/q3*+2. The smallest absolute Gasteiger partial charge is 0.307 e. The second-order valence-corrected chi connectivity index (χ2v) is 40.5. The van der Waals surface area contributed by atoms with Crippen LogP contribution in [-0.2, 0) is 17.0 Å². The highest BCUT2D eigenvalue weighted by molar-refractivity contribution is 6.23. The summed E-state index contributed by atoms with van der Waals surface area (Å²) in [5.74, 6) is 2.31. The van der Waals surface area contributed by atoms with E-state index in [2.05, 4.69) is 484 Å². The van der Waals surface area contributed by atoms with E-state index in [1.807, 2.05) is 36.8 Å². The summed E-state index contributed by atoms with van der Waals surface area (Å²) < 4.78 is 44.5. The molecule has 0 saturated carbocycles. The van der Waals surface area contributed by atoms with Crippen LogP contribution < -0.4 is 27.7 Å². The predicted octanol–water partition coefficient (Wildman–Crippen LogP) is 21.6. The van der Waals surface area contributed by atoms with Gasteiger partial charge < -0.3 is 26.9 Å².